The highest BCUT2D eigenvalue weighted by Crippen LogP contribution is 2.13. The van der Waals surface area contributed by atoms with Crippen LogP contribution >= 0.6 is 11.3 Å². The summed E-state index contributed by atoms with van der Waals surface area (Å²) in [6.45, 7) is 3.90. The summed E-state index contributed by atoms with van der Waals surface area (Å²) in [6, 6.07) is 0. The first-order valence-corrected chi connectivity index (χ1v) is 6.32. The molecule has 0 saturated carbocycles. The third kappa shape index (κ3) is 2.78. The molecule has 1 aromatic heterocycles. The van der Waals surface area contributed by atoms with Crippen LogP contribution in [-0.4, -0.2) is 28.9 Å². The number of aryl methyl sites for hydroxylation is 2. The molecule has 1 saturated heterocycles. The zero-order valence-electron chi connectivity index (χ0n) is 9.03. The molecule has 1 amide bonds. The lowest BCUT2D eigenvalue weighted by molar-refractivity contribution is -0.130. The van der Waals surface area contributed by atoms with Gasteiger partial charge >= 0.3 is 0 Å². The Balaban J connectivity index is 1.80. The number of carbonyl (C=O) groups excluding carboxylic acids is 1. The van der Waals surface area contributed by atoms with Crippen molar-refractivity contribution in [3.63, 3.8) is 0 Å². The van der Waals surface area contributed by atoms with Crippen LogP contribution < -0.4 is 0 Å². The minimum absolute atomic E-state index is 0.290. The van der Waals surface area contributed by atoms with Gasteiger partial charge in [0, 0.05) is 24.9 Å². The Bertz CT molecular complexity index is 342. The van der Waals surface area contributed by atoms with Crippen molar-refractivity contribution in [2.24, 2.45) is 0 Å². The molecule has 0 bridgehead atoms. The Labute approximate surface area is 94.1 Å². The number of rotatable bonds is 3. The van der Waals surface area contributed by atoms with Crippen molar-refractivity contribution in [2.45, 2.75) is 32.6 Å². The van der Waals surface area contributed by atoms with E-state index in [9.17, 15) is 4.79 Å². The number of hydrogen-bond donors (Lipinski definition) is 0. The van der Waals surface area contributed by atoms with Gasteiger partial charge in [0.1, 0.15) is 0 Å². The van der Waals surface area contributed by atoms with Crippen LogP contribution in [0.15, 0.2) is 5.38 Å². The van der Waals surface area contributed by atoms with Crippen molar-refractivity contribution in [1.82, 2.24) is 9.88 Å². The van der Waals surface area contributed by atoms with Crippen LogP contribution in [-0.2, 0) is 11.2 Å². The predicted molar refractivity (Wildman–Crippen MR) is 61.0 cm³/mol. The molecule has 0 unspecified atom stereocenters. The third-order valence-corrected chi connectivity index (χ3v) is 3.54. The second kappa shape index (κ2) is 4.75. The van der Waals surface area contributed by atoms with Crippen molar-refractivity contribution >= 4 is 17.2 Å². The summed E-state index contributed by atoms with van der Waals surface area (Å²) in [4.78, 5) is 18.1. The first kappa shape index (κ1) is 10.6. The second-order valence-corrected chi connectivity index (χ2v) is 5.01. The number of likely N-dealkylation sites (tertiary alicyclic amines) is 1. The largest absolute Gasteiger partial charge is 0.343 e. The monoisotopic (exact) mass is 224 g/mol. The van der Waals surface area contributed by atoms with Gasteiger partial charge in [0.2, 0.25) is 5.91 Å². The molecule has 82 valence electrons. The Kier molecular flexibility index (Phi) is 3.36. The van der Waals surface area contributed by atoms with E-state index in [0.29, 0.717) is 6.42 Å². The topological polar surface area (TPSA) is 33.2 Å². The van der Waals surface area contributed by atoms with Gasteiger partial charge in [-0.25, -0.2) is 4.98 Å². The van der Waals surface area contributed by atoms with Crippen molar-refractivity contribution < 1.29 is 4.79 Å². The SMILES string of the molecule is Cc1nc(CCC(=O)N2CCCC2)cs1. The summed E-state index contributed by atoms with van der Waals surface area (Å²) in [5, 5.41) is 3.13. The summed E-state index contributed by atoms with van der Waals surface area (Å²) < 4.78 is 0. The van der Waals surface area contributed by atoms with Crippen LogP contribution in [0.3, 0.4) is 0 Å². The van der Waals surface area contributed by atoms with E-state index in [-0.39, 0.29) is 5.91 Å². The predicted octanol–water partition coefficient (Wildman–Crippen LogP) is 2.01. The number of carbonyl (C=O) groups is 1. The molecule has 0 radical (unpaired) electrons. The molecule has 1 fully saturated rings. The van der Waals surface area contributed by atoms with E-state index in [4.69, 9.17) is 0 Å². The van der Waals surface area contributed by atoms with Crippen molar-refractivity contribution in [3.05, 3.63) is 16.1 Å². The molecule has 0 aromatic carbocycles. The lowest BCUT2D eigenvalue weighted by atomic mass is 10.2. The molecule has 0 N–H and O–H groups in total. The van der Waals surface area contributed by atoms with Crippen LogP contribution in [0.4, 0.5) is 0 Å². The Hall–Kier alpha value is -0.900. The van der Waals surface area contributed by atoms with Gasteiger partial charge in [-0.3, -0.25) is 4.79 Å². The summed E-state index contributed by atoms with van der Waals surface area (Å²) >= 11 is 1.65. The van der Waals surface area contributed by atoms with E-state index in [1.54, 1.807) is 11.3 Å². The fourth-order valence-electron chi connectivity index (χ4n) is 1.88. The molecular weight excluding hydrogens is 208 g/mol. The van der Waals surface area contributed by atoms with E-state index < -0.39 is 0 Å². The van der Waals surface area contributed by atoms with Gasteiger partial charge in [-0.1, -0.05) is 0 Å². The highest BCUT2D eigenvalue weighted by Gasteiger charge is 2.17. The highest BCUT2D eigenvalue weighted by atomic mass is 32.1. The molecular formula is C11H16N2OS. The van der Waals surface area contributed by atoms with Crippen LogP contribution in [0.1, 0.15) is 30.0 Å². The molecule has 1 aliphatic rings. The number of nitrogens with zero attached hydrogens (tertiary/aromatic N) is 2. The van der Waals surface area contributed by atoms with E-state index in [0.717, 1.165) is 30.2 Å². The molecule has 0 spiro atoms. The molecule has 0 atom stereocenters. The minimum atomic E-state index is 0.290. The minimum Gasteiger partial charge on any atom is -0.343 e. The van der Waals surface area contributed by atoms with E-state index in [2.05, 4.69) is 4.98 Å². The standard InChI is InChI=1S/C11H16N2OS/c1-9-12-10(8-15-9)4-5-11(14)13-6-2-3-7-13/h8H,2-7H2,1H3. The summed E-state index contributed by atoms with van der Waals surface area (Å²) in [7, 11) is 0. The molecule has 4 heteroatoms. The second-order valence-electron chi connectivity index (χ2n) is 3.95. The third-order valence-electron chi connectivity index (χ3n) is 2.72. The summed E-state index contributed by atoms with van der Waals surface area (Å²) in [5.74, 6) is 0.290. The molecule has 0 aliphatic carbocycles. The average molecular weight is 224 g/mol. The lowest BCUT2D eigenvalue weighted by Gasteiger charge is -2.14. The zero-order valence-corrected chi connectivity index (χ0v) is 9.85. The fraction of sp³-hybridized carbons (Fsp3) is 0.636. The number of amides is 1. The highest BCUT2D eigenvalue weighted by molar-refractivity contribution is 7.09. The van der Waals surface area contributed by atoms with E-state index in [1.807, 2.05) is 17.2 Å². The number of hydrogen-bond acceptors (Lipinski definition) is 3. The van der Waals surface area contributed by atoms with E-state index in [1.165, 1.54) is 12.8 Å². The lowest BCUT2D eigenvalue weighted by Crippen LogP contribution is -2.27. The first-order valence-electron chi connectivity index (χ1n) is 5.44. The maximum absolute atomic E-state index is 11.7. The van der Waals surface area contributed by atoms with Gasteiger partial charge in [0.15, 0.2) is 0 Å². The van der Waals surface area contributed by atoms with E-state index >= 15 is 0 Å². The normalized spacial score (nSPS) is 15.9. The van der Waals surface area contributed by atoms with Crippen molar-refractivity contribution in [2.75, 3.05) is 13.1 Å². The van der Waals surface area contributed by atoms with Gasteiger partial charge < -0.3 is 4.90 Å². The quantitative estimate of drug-likeness (QED) is 0.787. The van der Waals surface area contributed by atoms with Crippen molar-refractivity contribution in [1.29, 1.82) is 0 Å². The van der Waals surface area contributed by atoms with Crippen molar-refractivity contribution in [3.8, 4) is 0 Å². The maximum atomic E-state index is 11.7. The molecule has 1 aromatic rings. The van der Waals surface area contributed by atoms with Gasteiger partial charge in [0.25, 0.3) is 0 Å². The van der Waals surface area contributed by atoms with Crippen LogP contribution in [0.25, 0.3) is 0 Å². The molecule has 2 rings (SSSR count). The molecule has 2 heterocycles. The Morgan fingerprint density at radius 3 is 2.87 bits per heavy atom. The summed E-state index contributed by atoms with van der Waals surface area (Å²) in [5.41, 5.74) is 1.06. The van der Waals surface area contributed by atoms with Gasteiger partial charge in [-0.2, -0.15) is 0 Å². The average Bonchev–Trinajstić information content (AvgIpc) is 2.84. The molecule has 1 aliphatic heterocycles. The zero-order chi connectivity index (χ0) is 10.7. The van der Waals surface area contributed by atoms with Gasteiger partial charge in [0.05, 0.1) is 10.7 Å². The number of aromatic nitrogens is 1. The van der Waals surface area contributed by atoms with Crippen LogP contribution in [0.2, 0.25) is 0 Å². The van der Waals surface area contributed by atoms with Gasteiger partial charge in [-0.05, 0) is 26.2 Å². The Morgan fingerprint density at radius 1 is 1.53 bits per heavy atom. The number of thiazole rings is 1. The molecule has 15 heavy (non-hydrogen) atoms. The summed E-state index contributed by atoms with van der Waals surface area (Å²) in [6.07, 6.45) is 3.74. The Morgan fingerprint density at radius 2 is 2.27 bits per heavy atom. The first-order chi connectivity index (χ1) is 7.25. The van der Waals surface area contributed by atoms with Crippen LogP contribution in [0, 0.1) is 6.92 Å². The maximum Gasteiger partial charge on any atom is 0.222 e. The smallest absolute Gasteiger partial charge is 0.222 e. The van der Waals surface area contributed by atoms with Crippen LogP contribution in [0.5, 0.6) is 0 Å². The van der Waals surface area contributed by atoms with Gasteiger partial charge in [-0.15, -0.1) is 11.3 Å². The fourth-order valence-corrected chi connectivity index (χ4v) is 2.53. The molecule has 3 nitrogen and oxygen atoms in total.